The van der Waals surface area contributed by atoms with Gasteiger partial charge in [0.2, 0.25) is 0 Å². The minimum absolute atomic E-state index is 0.0310. The second-order valence-corrected chi connectivity index (χ2v) is 6.21. The van der Waals surface area contributed by atoms with Gasteiger partial charge in [-0.05, 0) is 50.1 Å². The smallest absolute Gasteiger partial charge is 0.323 e. The second-order valence-electron chi connectivity index (χ2n) is 6.21. The van der Waals surface area contributed by atoms with E-state index in [-0.39, 0.29) is 12.5 Å². The molecule has 0 fully saturated rings. The maximum atomic E-state index is 12.3. The standard InChI is InChI=1S/C20H24N2O5/c1-13(2)27-18-12-16(8-9-17(18)26-3)22-20(25)21-15-6-4-5-14(11-15)7-10-19(23)24/h4-6,8-9,11-13H,7,10H2,1-3H3,(H,23,24)(H2,21,22,25). The van der Waals surface area contributed by atoms with E-state index in [1.165, 1.54) is 0 Å². The van der Waals surface area contributed by atoms with Crippen LogP contribution in [0.25, 0.3) is 0 Å². The number of benzene rings is 2. The molecular weight excluding hydrogens is 348 g/mol. The molecule has 0 atom stereocenters. The number of nitrogens with one attached hydrogen (secondary N) is 2. The van der Waals surface area contributed by atoms with Gasteiger partial charge in [0.05, 0.1) is 13.2 Å². The normalized spacial score (nSPS) is 10.4. The quantitative estimate of drug-likeness (QED) is 0.647. The van der Waals surface area contributed by atoms with E-state index in [1.54, 1.807) is 43.5 Å². The minimum Gasteiger partial charge on any atom is -0.493 e. The van der Waals surface area contributed by atoms with Crippen molar-refractivity contribution >= 4 is 23.4 Å². The number of carbonyl (C=O) groups is 2. The van der Waals surface area contributed by atoms with Crippen LogP contribution >= 0.6 is 0 Å². The Labute approximate surface area is 158 Å². The first-order chi connectivity index (χ1) is 12.9. The number of carbonyl (C=O) groups excluding carboxylic acids is 1. The number of amides is 2. The Morgan fingerprint density at radius 1 is 1.04 bits per heavy atom. The molecule has 0 bridgehead atoms. The summed E-state index contributed by atoms with van der Waals surface area (Å²) in [5.41, 5.74) is 1.99. The van der Waals surface area contributed by atoms with Crippen LogP contribution in [-0.2, 0) is 11.2 Å². The molecule has 7 heteroatoms. The van der Waals surface area contributed by atoms with Crippen LogP contribution in [-0.4, -0.2) is 30.3 Å². The largest absolute Gasteiger partial charge is 0.493 e. The Morgan fingerprint density at radius 3 is 2.37 bits per heavy atom. The molecule has 0 heterocycles. The summed E-state index contributed by atoms with van der Waals surface area (Å²) in [5.74, 6) is 0.270. The van der Waals surface area contributed by atoms with Crippen molar-refractivity contribution in [3.63, 3.8) is 0 Å². The average molecular weight is 372 g/mol. The van der Waals surface area contributed by atoms with Gasteiger partial charge in [0, 0.05) is 23.9 Å². The fourth-order valence-corrected chi connectivity index (χ4v) is 2.45. The molecule has 0 saturated carbocycles. The van der Waals surface area contributed by atoms with E-state index in [1.807, 2.05) is 19.9 Å². The van der Waals surface area contributed by atoms with Crippen molar-refractivity contribution in [1.82, 2.24) is 0 Å². The molecular formula is C20H24N2O5. The summed E-state index contributed by atoms with van der Waals surface area (Å²) in [6.07, 6.45) is 0.414. The van der Waals surface area contributed by atoms with Crippen molar-refractivity contribution in [3.05, 3.63) is 48.0 Å². The molecule has 2 amide bonds. The van der Waals surface area contributed by atoms with Crippen LogP contribution in [0, 0.1) is 0 Å². The van der Waals surface area contributed by atoms with Gasteiger partial charge in [0.1, 0.15) is 0 Å². The lowest BCUT2D eigenvalue weighted by molar-refractivity contribution is -0.136. The SMILES string of the molecule is COc1ccc(NC(=O)Nc2cccc(CCC(=O)O)c2)cc1OC(C)C. The van der Waals surface area contributed by atoms with Crippen molar-refractivity contribution in [2.45, 2.75) is 32.8 Å². The van der Waals surface area contributed by atoms with Gasteiger partial charge in [0.15, 0.2) is 11.5 Å². The maximum Gasteiger partial charge on any atom is 0.323 e. The van der Waals surface area contributed by atoms with E-state index in [4.69, 9.17) is 14.6 Å². The number of anilines is 2. The Hall–Kier alpha value is -3.22. The van der Waals surface area contributed by atoms with Crippen molar-refractivity contribution < 1.29 is 24.2 Å². The van der Waals surface area contributed by atoms with Crippen molar-refractivity contribution in [2.24, 2.45) is 0 Å². The van der Waals surface area contributed by atoms with Crippen LogP contribution in [0.2, 0.25) is 0 Å². The molecule has 2 rings (SSSR count). The highest BCUT2D eigenvalue weighted by molar-refractivity contribution is 6.00. The highest BCUT2D eigenvalue weighted by Gasteiger charge is 2.10. The molecule has 27 heavy (non-hydrogen) atoms. The molecule has 0 saturated heterocycles. The fourth-order valence-electron chi connectivity index (χ4n) is 2.45. The molecule has 7 nitrogen and oxygen atoms in total. The van der Waals surface area contributed by atoms with Crippen LogP contribution < -0.4 is 20.1 Å². The predicted octanol–water partition coefficient (Wildman–Crippen LogP) is 4.14. The zero-order chi connectivity index (χ0) is 19.8. The lowest BCUT2D eigenvalue weighted by Crippen LogP contribution is -2.19. The molecule has 0 aromatic heterocycles. The van der Waals surface area contributed by atoms with Crippen LogP contribution in [0.4, 0.5) is 16.2 Å². The zero-order valence-corrected chi connectivity index (χ0v) is 15.6. The molecule has 0 unspecified atom stereocenters. The third-order valence-electron chi connectivity index (χ3n) is 3.60. The topological polar surface area (TPSA) is 96.9 Å². The van der Waals surface area contributed by atoms with Gasteiger partial charge in [-0.2, -0.15) is 0 Å². The summed E-state index contributed by atoms with van der Waals surface area (Å²) >= 11 is 0. The van der Waals surface area contributed by atoms with Gasteiger partial charge in [-0.25, -0.2) is 4.79 Å². The summed E-state index contributed by atoms with van der Waals surface area (Å²) in [5, 5.41) is 14.3. The van der Waals surface area contributed by atoms with Gasteiger partial charge in [-0.3, -0.25) is 4.79 Å². The van der Waals surface area contributed by atoms with Gasteiger partial charge < -0.3 is 25.2 Å². The van der Waals surface area contributed by atoms with Crippen LogP contribution in [0.5, 0.6) is 11.5 Å². The molecule has 2 aromatic carbocycles. The first kappa shape index (κ1) is 20.1. The number of aryl methyl sites for hydroxylation is 1. The summed E-state index contributed by atoms with van der Waals surface area (Å²) < 4.78 is 11.0. The molecule has 144 valence electrons. The van der Waals surface area contributed by atoms with Gasteiger partial charge in [-0.1, -0.05) is 12.1 Å². The molecule has 0 spiro atoms. The number of hydrogen-bond acceptors (Lipinski definition) is 4. The van der Waals surface area contributed by atoms with E-state index in [2.05, 4.69) is 10.6 Å². The first-order valence-electron chi connectivity index (χ1n) is 8.61. The molecule has 0 aliphatic carbocycles. The number of methoxy groups -OCH3 is 1. The van der Waals surface area contributed by atoms with E-state index < -0.39 is 12.0 Å². The number of hydrogen-bond donors (Lipinski definition) is 3. The van der Waals surface area contributed by atoms with Crippen LogP contribution in [0.15, 0.2) is 42.5 Å². The molecule has 0 aliphatic rings. The maximum absolute atomic E-state index is 12.3. The third kappa shape index (κ3) is 6.54. The van der Waals surface area contributed by atoms with Gasteiger partial charge in [0.25, 0.3) is 0 Å². The number of aliphatic carboxylic acids is 1. The van der Waals surface area contributed by atoms with E-state index >= 15 is 0 Å². The molecule has 2 aromatic rings. The van der Waals surface area contributed by atoms with E-state index in [9.17, 15) is 9.59 Å². The summed E-state index contributed by atoms with van der Waals surface area (Å²) in [6, 6.07) is 11.8. The number of ether oxygens (including phenoxy) is 2. The summed E-state index contributed by atoms with van der Waals surface area (Å²) in [4.78, 5) is 22.9. The zero-order valence-electron chi connectivity index (χ0n) is 15.6. The predicted molar refractivity (Wildman–Crippen MR) is 104 cm³/mol. The number of rotatable bonds is 8. The van der Waals surface area contributed by atoms with Crippen LogP contribution in [0.1, 0.15) is 25.8 Å². The van der Waals surface area contributed by atoms with Crippen molar-refractivity contribution in [3.8, 4) is 11.5 Å². The fraction of sp³-hybridized carbons (Fsp3) is 0.300. The number of urea groups is 1. The van der Waals surface area contributed by atoms with Gasteiger partial charge >= 0.3 is 12.0 Å². The monoisotopic (exact) mass is 372 g/mol. The van der Waals surface area contributed by atoms with Crippen molar-refractivity contribution in [2.75, 3.05) is 17.7 Å². The highest BCUT2D eigenvalue weighted by Crippen LogP contribution is 2.31. The number of carboxylic acids is 1. The average Bonchev–Trinajstić information content (AvgIpc) is 2.60. The lowest BCUT2D eigenvalue weighted by atomic mass is 10.1. The molecule has 0 radical (unpaired) electrons. The minimum atomic E-state index is -0.856. The molecule has 0 aliphatic heterocycles. The Balaban J connectivity index is 2.03. The second kappa shape index (κ2) is 9.47. The van der Waals surface area contributed by atoms with E-state index in [0.29, 0.717) is 29.3 Å². The molecule has 3 N–H and O–H groups in total. The Kier molecular flexibility index (Phi) is 7.05. The van der Waals surface area contributed by atoms with Crippen molar-refractivity contribution in [1.29, 1.82) is 0 Å². The van der Waals surface area contributed by atoms with Gasteiger partial charge in [-0.15, -0.1) is 0 Å². The van der Waals surface area contributed by atoms with Crippen LogP contribution in [0.3, 0.4) is 0 Å². The third-order valence-corrected chi connectivity index (χ3v) is 3.60. The Bertz CT molecular complexity index is 805. The van der Waals surface area contributed by atoms with E-state index in [0.717, 1.165) is 5.56 Å². The lowest BCUT2D eigenvalue weighted by Gasteiger charge is -2.15. The highest BCUT2D eigenvalue weighted by atomic mass is 16.5. The summed E-state index contributed by atoms with van der Waals surface area (Å²) in [6.45, 7) is 3.81. The first-order valence-corrected chi connectivity index (χ1v) is 8.61. The number of carboxylic acid groups (broad SMARTS) is 1. The summed E-state index contributed by atoms with van der Waals surface area (Å²) in [7, 11) is 1.56. The Morgan fingerprint density at radius 2 is 1.74 bits per heavy atom.